The number of carbonyl (C=O) groups is 2. The summed E-state index contributed by atoms with van der Waals surface area (Å²) in [6, 6.07) is 4.87. The maximum absolute atomic E-state index is 12.6. The molecule has 7 heteroatoms. The quantitative estimate of drug-likeness (QED) is 0.839. The predicted octanol–water partition coefficient (Wildman–Crippen LogP) is 3.21. The maximum atomic E-state index is 12.6. The normalized spacial score (nSPS) is 23.7. The molecule has 0 spiro atoms. The van der Waals surface area contributed by atoms with Crippen molar-refractivity contribution in [2.45, 2.75) is 65.2 Å². The van der Waals surface area contributed by atoms with E-state index in [4.69, 9.17) is 9.31 Å². The molecule has 140 valence electrons. The first-order chi connectivity index (χ1) is 11.9. The molecule has 26 heavy (non-hydrogen) atoms. The van der Waals surface area contributed by atoms with Crippen LogP contribution in [0.1, 0.15) is 69.9 Å². The summed E-state index contributed by atoms with van der Waals surface area (Å²) in [6.07, 6.45) is -0.633. The summed E-state index contributed by atoms with van der Waals surface area (Å²) in [7, 11) is -0.543. The van der Waals surface area contributed by atoms with Crippen molar-refractivity contribution in [2.75, 3.05) is 0 Å². The minimum Gasteiger partial charge on any atom is -0.465 e. The molecule has 1 fully saturated rings. The zero-order valence-corrected chi connectivity index (χ0v) is 16.2. The number of imide groups is 1. The molecule has 2 amide bonds. The zero-order valence-electron chi connectivity index (χ0n) is 16.2. The fourth-order valence-electron chi connectivity index (χ4n) is 3.49. The van der Waals surface area contributed by atoms with Crippen LogP contribution in [0.3, 0.4) is 0 Å². The van der Waals surface area contributed by atoms with Gasteiger partial charge >= 0.3 is 13.2 Å². The van der Waals surface area contributed by atoms with E-state index in [0.29, 0.717) is 12.0 Å². The smallest absolute Gasteiger partial charge is 0.465 e. The second-order valence-corrected chi connectivity index (χ2v) is 8.54. The number of carbonyl (C=O) groups excluding carboxylic acids is 1. The van der Waals surface area contributed by atoms with Crippen LogP contribution < -0.4 is 5.46 Å². The molecule has 1 atom stereocenters. The van der Waals surface area contributed by atoms with Gasteiger partial charge in [0.1, 0.15) is 0 Å². The molecule has 0 aliphatic carbocycles. The van der Waals surface area contributed by atoms with Crippen LogP contribution in [0.25, 0.3) is 0 Å². The van der Waals surface area contributed by atoms with E-state index in [0.717, 1.165) is 15.9 Å². The number of rotatable bonds is 3. The Kier molecular flexibility index (Phi) is 4.44. The highest BCUT2D eigenvalue weighted by Gasteiger charge is 2.52. The summed E-state index contributed by atoms with van der Waals surface area (Å²) in [5.74, 6) is -0.209. The molecular formula is C19H26BNO5. The number of hydrogen-bond donors (Lipinski definition) is 1. The number of amides is 2. The van der Waals surface area contributed by atoms with Crippen LogP contribution in [-0.4, -0.2) is 40.3 Å². The van der Waals surface area contributed by atoms with Crippen molar-refractivity contribution < 1.29 is 24.0 Å². The number of hydrogen-bond acceptors (Lipinski definition) is 4. The summed E-state index contributed by atoms with van der Waals surface area (Å²) in [5.41, 5.74) is 1.06. The van der Waals surface area contributed by atoms with Crippen molar-refractivity contribution in [3.05, 3.63) is 29.3 Å². The van der Waals surface area contributed by atoms with Gasteiger partial charge in [-0.15, -0.1) is 0 Å². The Hall–Kier alpha value is -1.86. The van der Waals surface area contributed by atoms with E-state index in [9.17, 15) is 14.7 Å². The van der Waals surface area contributed by atoms with E-state index >= 15 is 0 Å². The van der Waals surface area contributed by atoms with Crippen molar-refractivity contribution in [3.8, 4) is 0 Å². The first-order valence-corrected chi connectivity index (χ1v) is 9.00. The number of fused-ring (bicyclic) bond motifs is 1. The number of carboxylic acid groups (broad SMARTS) is 1. The topological polar surface area (TPSA) is 76.1 Å². The summed E-state index contributed by atoms with van der Waals surface area (Å²) >= 11 is 0. The van der Waals surface area contributed by atoms with Gasteiger partial charge in [-0.2, -0.15) is 0 Å². The van der Waals surface area contributed by atoms with Crippen LogP contribution in [0.4, 0.5) is 4.79 Å². The Balaban J connectivity index is 1.99. The van der Waals surface area contributed by atoms with E-state index in [2.05, 4.69) is 0 Å². The second kappa shape index (κ2) is 6.10. The third-order valence-corrected chi connectivity index (χ3v) is 5.62. The second-order valence-electron chi connectivity index (χ2n) is 8.54. The van der Waals surface area contributed by atoms with Gasteiger partial charge in [0, 0.05) is 5.56 Å². The largest absolute Gasteiger partial charge is 0.494 e. The Morgan fingerprint density at radius 3 is 2.31 bits per heavy atom. The van der Waals surface area contributed by atoms with Gasteiger partial charge in [-0.25, -0.2) is 9.69 Å². The molecule has 2 aliphatic heterocycles. The Labute approximate surface area is 154 Å². The van der Waals surface area contributed by atoms with Gasteiger partial charge in [0.2, 0.25) is 0 Å². The van der Waals surface area contributed by atoms with Gasteiger partial charge in [-0.05, 0) is 57.1 Å². The maximum Gasteiger partial charge on any atom is 0.494 e. The van der Waals surface area contributed by atoms with Crippen LogP contribution in [0.15, 0.2) is 18.2 Å². The van der Waals surface area contributed by atoms with Gasteiger partial charge in [-0.1, -0.05) is 26.0 Å². The van der Waals surface area contributed by atoms with E-state index in [1.165, 1.54) is 0 Å². The molecule has 1 aromatic carbocycles. The molecule has 1 aromatic rings. The van der Waals surface area contributed by atoms with Gasteiger partial charge in [-0.3, -0.25) is 4.79 Å². The average Bonchev–Trinajstić information content (AvgIpc) is 2.89. The third-order valence-electron chi connectivity index (χ3n) is 5.62. The molecule has 0 saturated carbocycles. The fourth-order valence-corrected chi connectivity index (χ4v) is 3.49. The van der Waals surface area contributed by atoms with Crippen molar-refractivity contribution in [1.29, 1.82) is 0 Å². The zero-order chi connectivity index (χ0) is 19.4. The highest BCUT2D eigenvalue weighted by molar-refractivity contribution is 6.62. The SMILES string of the molecule is CC(C)C[C@@H]1c2cc(B3OC(C)(C)C(C)(C)O3)ccc2C(=O)N1C(=O)O. The minimum absolute atomic E-state index is 0.251. The molecule has 0 radical (unpaired) electrons. The van der Waals surface area contributed by atoms with E-state index < -0.39 is 36.4 Å². The third kappa shape index (κ3) is 2.93. The Bertz CT molecular complexity index is 742. The van der Waals surface area contributed by atoms with Crippen LogP contribution in [0.5, 0.6) is 0 Å². The van der Waals surface area contributed by atoms with E-state index in [1.807, 2.05) is 47.6 Å². The molecular weight excluding hydrogens is 333 g/mol. The minimum atomic E-state index is -1.21. The molecule has 3 rings (SSSR count). The van der Waals surface area contributed by atoms with Gasteiger partial charge in [0.25, 0.3) is 5.91 Å². The first-order valence-electron chi connectivity index (χ1n) is 9.00. The molecule has 0 aromatic heterocycles. The van der Waals surface area contributed by atoms with Crippen molar-refractivity contribution in [2.24, 2.45) is 5.92 Å². The molecule has 1 N–H and O–H groups in total. The lowest BCUT2D eigenvalue weighted by Crippen LogP contribution is -2.41. The predicted molar refractivity (Wildman–Crippen MR) is 98.5 cm³/mol. The van der Waals surface area contributed by atoms with Gasteiger partial charge in [0.15, 0.2) is 0 Å². The molecule has 6 nitrogen and oxygen atoms in total. The van der Waals surface area contributed by atoms with Crippen molar-refractivity contribution in [1.82, 2.24) is 4.90 Å². The lowest BCUT2D eigenvalue weighted by molar-refractivity contribution is 0.00578. The van der Waals surface area contributed by atoms with Gasteiger partial charge < -0.3 is 14.4 Å². The standard InChI is InChI=1S/C19H26BNO5/c1-11(2)9-15-14-10-12(20-25-18(3,4)19(5,6)26-20)7-8-13(14)16(22)21(15)17(23)24/h7-8,10-11,15H,9H2,1-6H3,(H,23,24)/t15-/m1/s1. The Morgan fingerprint density at radius 2 is 1.81 bits per heavy atom. The highest BCUT2D eigenvalue weighted by Crippen LogP contribution is 2.39. The molecule has 0 unspecified atom stereocenters. The lowest BCUT2D eigenvalue weighted by Gasteiger charge is -2.32. The van der Waals surface area contributed by atoms with Crippen LogP contribution in [0.2, 0.25) is 0 Å². The first kappa shape index (κ1) is 18.9. The summed E-state index contributed by atoms with van der Waals surface area (Å²) in [5, 5.41) is 9.51. The molecule has 1 saturated heterocycles. The monoisotopic (exact) mass is 359 g/mol. The average molecular weight is 359 g/mol. The molecule has 0 bridgehead atoms. The highest BCUT2D eigenvalue weighted by atomic mass is 16.7. The van der Waals surface area contributed by atoms with E-state index in [1.54, 1.807) is 12.1 Å². The molecule has 2 heterocycles. The summed E-state index contributed by atoms with van der Waals surface area (Å²) < 4.78 is 12.2. The number of nitrogens with zero attached hydrogens (tertiary/aromatic N) is 1. The number of benzene rings is 1. The lowest BCUT2D eigenvalue weighted by atomic mass is 9.77. The van der Waals surface area contributed by atoms with Crippen LogP contribution in [0, 0.1) is 5.92 Å². The van der Waals surface area contributed by atoms with Crippen LogP contribution >= 0.6 is 0 Å². The Morgan fingerprint density at radius 1 is 1.23 bits per heavy atom. The van der Waals surface area contributed by atoms with Crippen molar-refractivity contribution in [3.63, 3.8) is 0 Å². The summed E-state index contributed by atoms with van der Waals surface area (Å²) in [4.78, 5) is 25.1. The van der Waals surface area contributed by atoms with Gasteiger partial charge in [0.05, 0.1) is 17.2 Å². The molecule has 2 aliphatic rings. The van der Waals surface area contributed by atoms with E-state index in [-0.39, 0.29) is 5.92 Å². The summed E-state index contributed by atoms with van der Waals surface area (Å²) in [6.45, 7) is 12.0. The van der Waals surface area contributed by atoms with Crippen molar-refractivity contribution >= 4 is 24.6 Å². The van der Waals surface area contributed by atoms with Crippen LogP contribution in [-0.2, 0) is 9.31 Å². The fraction of sp³-hybridized carbons (Fsp3) is 0.579.